The lowest BCUT2D eigenvalue weighted by Crippen LogP contribution is -2.20. The predicted molar refractivity (Wildman–Crippen MR) is 136 cm³/mol. The highest BCUT2D eigenvalue weighted by atomic mass is 16.1. The highest BCUT2D eigenvalue weighted by Crippen LogP contribution is 2.40. The molecule has 0 unspecified atom stereocenters. The van der Waals surface area contributed by atoms with Gasteiger partial charge >= 0.3 is 0 Å². The van der Waals surface area contributed by atoms with E-state index in [1.807, 2.05) is 42.6 Å². The summed E-state index contributed by atoms with van der Waals surface area (Å²) in [7, 11) is 0. The van der Waals surface area contributed by atoms with E-state index in [-0.39, 0.29) is 5.91 Å². The van der Waals surface area contributed by atoms with E-state index in [1.165, 1.54) is 31.2 Å². The van der Waals surface area contributed by atoms with Gasteiger partial charge in [0.2, 0.25) is 0 Å². The Hall–Kier alpha value is -3.78. The van der Waals surface area contributed by atoms with Crippen LogP contribution in [0.25, 0.3) is 16.8 Å². The lowest BCUT2D eigenvalue weighted by atomic mass is 10.0. The van der Waals surface area contributed by atoms with Crippen molar-refractivity contribution < 1.29 is 4.79 Å². The van der Waals surface area contributed by atoms with Crippen LogP contribution < -0.4 is 16.4 Å². The molecule has 1 saturated heterocycles. The fraction of sp³-hybridized carbons (Fsp3) is 0.333. The van der Waals surface area contributed by atoms with Gasteiger partial charge in [-0.1, -0.05) is 18.6 Å². The van der Waals surface area contributed by atoms with Crippen LogP contribution in [-0.2, 0) is 0 Å². The van der Waals surface area contributed by atoms with Crippen molar-refractivity contribution >= 4 is 23.1 Å². The minimum Gasteiger partial charge on any atom is -0.382 e. The van der Waals surface area contributed by atoms with Gasteiger partial charge in [-0.05, 0) is 68.0 Å². The molecule has 1 amide bonds. The molecule has 1 atom stereocenters. The third-order valence-corrected chi connectivity index (χ3v) is 7.02. The largest absolute Gasteiger partial charge is 0.382 e. The van der Waals surface area contributed by atoms with Crippen LogP contribution in [-0.4, -0.2) is 38.3 Å². The lowest BCUT2D eigenvalue weighted by Gasteiger charge is -2.13. The molecule has 178 valence electrons. The molecule has 0 radical (unpaired) electrons. The van der Waals surface area contributed by atoms with Crippen LogP contribution in [0.3, 0.4) is 0 Å². The van der Waals surface area contributed by atoms with E-state index in [2.05, 4.69) is 25.0 Å². The first-order valence-electron chi connectivity index (χ1n) is 12.4. The number of carbonyl (C=O) groups excluding carboxylic acids is 1. The number of nitrogens with zero attached hydrogens (tertiary/aromatic N) is 4. The third kappa shape index (κ3) is 4.37. The van der Waals surface area contributed by atoms with Gasteiger partial charge in [-0.15, -0.1) is 0 Å². The van der Waals surface area contributed by atoms with Gasteiger partial charge in [-0.2, -0.15) is 0 Å². The van der Waals surface area contributed by atoms with E-state index in [0.29, 0.717) is 29.0 Å². The SMILES string of the molecule is Nc1nccn2c([C@@H]3CCCCNC3)nc(-c3ccc(C(=O)Nc4cc(C5CC5)ccn4)cc3)c12. The molecule has 1 saturated carbocycles. The topological polar surface area (TPSA) is 110 Å². The Balaban J connectivity index is 1.28. The zero-order valence-corrected chi connectivity index (χ0v) is 19.6. The molecule has 8 heteroatoms. The molecule has 4 aromatic rings. The van der Waals surface area contributed by atoms with Crippen molar-refractivity contribution in [1.29, 1.82) is 0 Å². The van der Waals surface area contributed by atoms with E-state index < -0.39 is 0 Å². The fourth-order valence-corrected chi connectivity index (χ4v) is 4.97. The first-order chi connectivity index (χ1) is 17.2. The molecule has 4 heterocycles. The van der Waals surface area contributed by atoms with Crippen molar-refractivity contribution in [3.63, 3.8) is 0 Å². The quantitative estimate of drug-likeness (QED) is 0.402. The fourth-order valence-electron chi connectivity index (χ4n) is 4.97. The molecule has 8 nitrogen and oxygen atoms in total. The maximum Gasteiger partial charge on any atom is 0.256 e. The molecule has 1 aromatic carbocycles. The molecule has 2 aliphatic rings. The second kappa shape index (κ2) is 9.11. The number of pyridine rings is 1. The Kier molecular flexibility index (Phi) is 5.66. The smallest absolute Gasteiger partial charge is 0.256 e. The van der Waals surface area contributed by atoms with Crippen molar-refractivity contribution in [2.75, 3.05) is 24.1 Å². The molecule has 2 fully saturated rings. The Morgan fingerprint density at radius 2 is 1.89 bits per heavy atom. The number of rotatable bonds is 5. The molecular weight excluding hydrogens is 438 g/mol. The summed E-state index contributed by atoms with van der Waals surface area (Å²) in [6.07, 6.45) is 11.3. The molecule has 3 aromatic heterocycles. The number of nitrogens with two attached hydrogens (primary N) is 1. The van der Waals surface area contributed by atoms with Crippen molar-refractivity contribution in [2.24, 2.45) is 0 Å². The standard InChI is InChI=1S/C27H29N7O/c28-25-24-23(33-26(34(24)14-13-31-25)21-3-1-2-11-29-16-21)18-6-8-19(9-7-18)27(35)32-22-15-20(10-12-30-22)17-4-5-17/h6-10,12-15,17,21,29H,1-5,11,16H2,(H2,28,31)(H,30,32,35)/t21-/m1/s1. The number of nitrogen functional groups attached to an aromatic ring is 1. The molecular formula is C27H29N7O. The van der Waals surface area contributed by atoms with Gasteiger partial charge in [0, 0.05) is 42.2 Å². The van der Waals surface area contributed by atoms with Gasteiger partial charge in [0.05, 0.1) is 0 Å². The van der Waals surface area contributed by atoms with Crippen LogP contribution in [0.4, 0.5) is 11.6 Å². The van der Waals surface area contributed by atoms with E-state index >= 15 is 0 Å². The van der Waals surface area contributed by atoms with E-state index in [9.17, 15) is 4.79 Å². The number of benzene rings is 1. The number of amides is 1. The third-order valence-electron chi connectivity index (χ3n) is 7.02. The van der Waals surface area contributed by atoms with E-state index in [0.717, 1.165) is 42.1 Å². The second-order valence-corrected chi connectivity index (χ2v) is 9.53. The summed E-state index contributed by atoms with van der Waals surface area (Å²) in [4.78, 5) is 26.5. The molecule has 1 aliphatic heterocycles. The van der Waals surface area contributed by atoms with Crippen molar-refractivity contribution in [3.8, 4) is 11.3 Å². The molecule has 0 bridgehead atoms. The Morgan fingerprint density at radius 3 is 2.71 bits per heavy atom. The maximum atomic E-state index is 12.9. The summed E-state index contributed by atoms with van der Waals surface area (Å²) in [5.41, 5.74) is 10.6. The van der Waals surface area contributed by atoms with Gasteiger partial charge < -0.3 is 16.4 Å². The average Bonchev–Trinajstić information content (AvgIpc) is 3.70. The molecule has 1 aliphatic carbocycles. The van der Waals surface area contributed by atoms with Gasteiger partial charge in [0.1, 0.15) is 28.7 Å². The number of imidazole rings is 1. The summed E-state index contributed by atoms with van der Waals surface area (Å²) in [6, 6.07) is 11.5. The Labute approximate surface area is 204 Å². The first kappa shape index (κ1) is 21.7. The van der Waals surface area contributed by atoms with Crippen LogP contribution >= 0.6 is 0 Å². The predicted octanol–water partition coefficient (Wildman–Crippen LogP) is 4.36. The zero-order chi connectivity index (χ0) is 23.8. The summed E-state index contributed by atoms with van der Waals surface area (Å²) in [5.74, 6) is 2.78. The number of aromatic nitrogens is 4. The molecule has 4 N–H and O–H groups in total. The number of hydrogen-bond donors (Lipinski definition) is 3. The molecule has 6 rings (SSSR count). The first-order valence-corrected chi connectivity index (χ1v) is 12.4. The van der Waals surface area contributed by atoms with Crippen molar-refractivity contribution in [1.82, 2.24) is 24.7 Å². The second-order valence-electron chi connectivity index (χ2n) is 9.53. The van der Waals surface area contributed by atoms with Crippen LogP contribution in [0.1, 0.15) is 65.7 Å². The van der Waals surface area contributed by atoms with Crippen LogP contribution in [0.5, 0.6) is 0 Å². The number of anilines is 2. The molecule has 0 spiro atoms. The van der Waals surface area contributed by atoms with Crippen molar-refractivity contribution in [3.05, 3.63) is 71.9 Å². The Morgan fingerprint density at radius 1 is 1.03 bits per heavy atom. The highest BCUT2D eigenvalue weighted by Gasteiger charge is 2.25. The van der Waals surface area contributed by atoms with Crippen molar-refractivity contribution in [2.45, 2.75) is 43.9 Å². The summed E-state index contributed by atoms with van der Waals surface area (Å²) >= 11 is 0. The van der Waals surface area contributed by atoms with Gasteiger partial charge in [0.15, 0.2) is 0 Å². The van der Waals surface area contributed by atoms with E-state index in [1.54, 1.807) is 12.4 Å². The number of nitrogens with one attached hydrogen (secondary N) is 2. The average molecular weight is 468 g/mol. The highest BCUT2D eigenvalue weighted by molar-refractivity contribution is 6.04. The van der Waals surface area contributed by atoms with Gasteiger partial charge in [0.25, 0.3) is 5.91 Å². The normalized spacial score (nSPS) is 18.3. The summed E-state index contributed by atoms with van der Waals surface area (Å²) < 4.78 is 2.08. The molecule has 35 heavy (non-hydrogen) atoms. The van der Waals surface area contributed by atoms with Crippen LogP contribution in [0.15, 0.2) is 55.0 Å². The van der Waals surface area contributed by atoms with Gasteiger partial charge in [-0.3, -0.25) is 9.20 Å². The number of fused-ring (bicyclic) bond motifs is 1. The minimum atomic E-state index is -0.182. The Bertz CT molecular complexity index is 1370. The summed E-state index contributed by atoms with van der Waals surface area (Å²) in [6.45, 7) is 1.94. The number of hydrogen-bond acceptors (Lipinski definition) is 6. The monoisotopic (exact) mass is 467 g/mol. The maximum absolute atomic E-state index is 12.9. The zero-order valence-electron chi connectivity index (χ0n) is 19.6. The van der Waals surface area contributed by atoms with Gasteiger partial charge in [-0.25, -0.2) is 15.0 Å². The summed E-state index contributed by atoms with van der Waals surface area (Å²) in [5, 5.41) is 6.45. The minimum absolute atomic E-state index is 0.182. The number of carbonyl (C=O) groups is 1. The van der Waals surface area contributed by atoms with Crippen LogP contribution in [0, 0.1) is 0 Å². The van der Waals surface area contributed by atoms with E-state index in [4.69, 9.17) is 10.7 Å². The van der Waals surface area contributed by atoms with Crippen LogP contribution in [0.2, 0.25) is 0 Å². The lowest BCUT2D eigenvalue weighted by molar-refractivity contribution is 0.102.